The monoisotopic (exact) mass is 560 g/mol. The molecule has 4 nitrogen and oxygen atoms in total. The highest BCUT2D eigenvalue weighted by Gasteiger charge is 2.27. The molecule has 1 saturated heterocycles. The Morgan fingerprint density at radius 1 is 0.615 bits per heavy atom. The highest BCUT2D eigenvalue weighted by atomic mass is 35.5. The van der Waals surface area contributed by atoms with E-state index in [1.54, 1.807) is 0 Å². The van der Waals surface area contributed by atoms with Gasteiger partial charge in [-0.1, -0.05) is 108 Å². The summed E-state index contributed by atoms with van der Waals surface area (Å²) in [5.41, 5.74) is 4.58. The molecular formula is C33H34Cl2N2O2. The molecule has 0 aromatic heterocycles. The van der Waals surface area contributed by atoms with Crippen LogP contribution in [0.2, 0.25) is 10.0 Å². The zero-order chi connectivity index (χ0) is 27.0. The number of hydrogen-bond donors (Lipinski definition) is 1. The average Bonchev–Trinajstić information content (AvgIpc) is 2.97. The highest BCUT2D eigenvalue weighted by Crippen LogP contribution is 2.30. The summed E-state index contributed by atoms with van der Waals surface area (Å²) in [6, 6.07) is 36.9. The normalized spacial score (nSPS) is 15.6. The van der Waals surface area contributed by atoms with Gasteiger partial charge < -0.3 is 9.84 Å². The maximum atomic E-state index is 10.9. The maximum absolute atomic E-state index is 10.9. The van der Waals surface area contributed by atoms with Gasteiger partial charge in [0.15, 0.2) is 0 Å². The van der Waals surface area contributed by atoms with E-state index in [0.717, 1.165) is 37.3 Å². The fourth-order valence-corrected chi connectivity index (χ4v) is 5.56. The van der Waals surface area contributed by atoms with Crippen molar-refractivity contribution in [2.75, 3.05) is 39.3 Å². The van der Waals surface area contributed by atoms with E-state index in [2.05, 4.69) is 70.5 Å². The van der Waals surface area contributed by atoms with Gasteiger partial charge in [0.05, 0.1) is 18.8 Å². The lowest BCUT2D eigenvalue weighted by Gasteiger charge is -2.40. The van der Waals surface area contributed by atoms with Gasteiger partial charge in [-0.2, -0.15) is 0 Å². The second-order valence-corrected chi connectivity index (χ2v) is 10.9. The molecule has 6 heteroatoms. The number of rotatable bonds is 10. The smallest absolute Gasteiger partial charge is 0.108 e. The zero-order valence-electron chi connectivity index (χ0n) is 21.9. The number of β-amino-alcohol motifs (C(OH)–C–C–N with tert-alkyl or cyclic N) is 1. The van der Waals surface area contributed by atoms with E-state index in [-0.39, 0.29) is 18.8 Å². The van der Waals surface area contributed by atoms with Gasteiger partial charge >= 0.3 is 0 Å². The van der Waals surface area contributed by atoms with Crippen LogP contribution in [0.15, 0.2) is 109 Å². The number of aliphatic hydroxyl groups excluding tert-OH is 1. The van der Waals surface area contributed by atoms with Crippen LogP contribution in [0, 0.1) is 0 Å². The highest BCUT2D eigenvalue weighted by molar-refractivity contribution is 6.30. The Morgan fingerprint density at radius 3 is 1.54 bits per heavy atom. The van der Waals surface area contributed by atoms with Crippen molar-refractivity contribution in [3.05, 3.63) is 141 Å². The van der Waals surface area contributed by atoms with Crippen LogP contribution < -0.4 is 0 Å². The topological polar surface area (TPSA) is 35.9 Å². The number of ether oxygens (including phenoxy) is 1. The summed E-state index contributed by atoms with van der Waals surface area (Å²) in [7, 11) is 0. The summed E-state index contributed by atoms with van der Waals surface area (Å²) in [5, 5.41) is 12.3. The molecule has 1 aliphatic heterocycles. The van der Waals surface area contributed by atoms with Gasteiger partial charge in [0.25, 0.3) is 0 Å². The molecule has 4 aromatic rings. The number of aliphatic hydroxyl groups is 1. The first-order valence-corrected chi connectivity index (χ1v) is 14.2. The standard InChI is InChI=1S/C33H34Cl2N2O2/c34-29-15-11-27(12-16-29)33(28-13-17-30(35)18-14-28)39-24-31(38)23-36-19-21-37(22-20-36)32(25-7-3-1-4-8-25)26-9-5-2-6-10-26/h1-18,31-33,38H,19-24H2/t31-/m0/s1. The first kappa shape index (κ1) is 27.9. The van der Waals surface area contributed by atoms with E-state index < -0.39 is 6.10 Å². The first-order valence-electron chi connectivity index (χ1n) is 13.4. The van der Waals surface area contributed by atoms with E-state index in [1.807, 2.05) is 48.5 Å². The van der Waals surface area contributed by atoms with Crippen molar-refractivity contribution in [2.24, 2.45) is 0 Å². The van der Waals surface area contributed by atoms with E-state index in [9.17, 15) is 5.11 Å². The second kappa shape index (κ2) is 13.6. The van der Waals surface area contributed by atoms with Gasteiger partial charge in [0.1, 0.15) is 6.10 Å². The minimum Gasteiger partial charge on any atom is -0.389 e. The Labute approximate surface area is 241 Å². The zero-order valence-corrected chi connectivity index (χ0v) is 23.4. The Hall–Kier alpha value is -2.70. The number of hydrogen-bond acceptors (Lipinski definition) is 4. The Morgan fingerprint density at radius 2 is 1.08 bits per heavy atom. The molecule has 4 aromatic carbocycles. The van der Waals surface area contributed by atoms with Crippen molar-refractivity contribution >= 4 is 23.2 Å². The van der Waals surface area contributed by atoms with Crippen LogP contribution in [-0.4, -0.2) is 60.3 Å². The third-order valence-electron chi connectivity index (χ3n) is 7.27. The SMILES string of the molecule is O[C@H](COC(c1ccc(Cl)cc1)c1ccc(Cl)cc1)CN1CCN(C(c2ccccc2)c2ccccc2)CC1. The third-order valence-corrected chi connectivity index (χ3v) is 7.78. The van der Waals surface area contributed by atoms with E-state index in [0.29, 0.717) is 16.6 Å². The fraction of sp³-hybridized carbons (Fsp3) is 0.273. The summed E-state index contributed by atoms with van der Waals surface area (Å²) in [6.45, 7) is 4.45. The minimum absolute atomic E-state index is 0.224. The molecule has 0 radical (unpaired) electrons. The van der Waals surface area contributed by atoms with Gasteiger partial charge in [-0.05, 0) is 46.5 Å². The van der Waals surface area contributed by atoms with Gasteiger partial charge in [0, 0.05) is 42.8 Å². The lowest BCUT2D eigenvalue weighted by Crippen LogP contribution is -2.50. The van der Waals surface area contributed by atoms with Crippen molar-refractivity contribution in [2.45, 2.75) is 18.2 Å². The predicted molar refractivity (Wildman–Crippen MR) is 159 cm³/mol. The molecule has 1 heterocycles. The molecule has 0 amide bonds. The lowest BCUT2D eigenvalue weighted by molar-refractivity contribution is -0.0159. The van der Waals surface area contributed by atoms with Crippen LogP contribution >= 0.6 is 23.2 Å². The van der Waals surface area contributed by atoms with Gasteiger partial charge in [-0.25, -0.2) is 0 Å². The average molecular weight is 562 g/mol. The quantitative estimate of drug-likeness (QED) is 0.229. The Balaban J connectivity index is 1.19. The van der Waals surface area contributed by atoms with E-state index in [1.165, 1.54) is 11.1 Å². The van der Waals surface area contributed by atoms with Crippen LogP contribution in [-0.2, 0) is 4.74 Å². The summed E-state index contributed by atoms with van der Waals surface area (Å²) >= 11 is 12.2. The summed E-state index contributed by atoms with van der Waals surface area (Å²) < 4.78 is 6.30. The van der Waals surface area contributed by atoms with Crippen molar-refractivity contribution in [1.82, 2.24) is 9.80 Å². The molecule has 0 bridgehead atoms. The number of nitrogens with zero attached hydrogens (tertiary/aromatic N) is 2. The van der Waals surface area contributed by atoms with Crippen LogP contribution in [0.3, 0.4) is 0 Å². The van der Waals surface area contributed by atoms with E-state index in [4.69, 9.17) is 27.9 Å². The Bertz CT molecular complexity index is 1190. The molecule has 1 N–H and O–H groups in total. The molecule has 0 saturated carbocycles. The number of piperazine rings is 1. The van der Waals surface area contributed by atoms with Crippen LogP contribution in [0.25, 0.3) is 0 Å². The number of halogens is 2. The number of benzene rings is 4. The largest absolute Gasteiger partial charge is 0.389 e. The molecular weight excluding hydrogens is 527 g/mol. The minimum atomic E-state index is -0.599. The fourth-order valence-electron chi connectivity index (χ4n) is 5.31. The molecule has 1 fully saturated rings. The molecule has 1 aliphatic rings. The molecule has 0 aliphatic carbocycles. The van der Waals surface area contributed by atoms with Gasteiger partial charge in [0.2, 0.25) is 0 Å². The molecule has 0 unspecified atom stereocenters. The molecule has 0 spiro atoms. The molecule has 202 valence electrons. The summed E-state index contributed by atoms with van der Waals surface area (Å²) in [4.78, 5) is 4.87. The summed E-state index contributed by atoms with van der Waals surface area (Å²) in [6.07, 6.45) is -0.916. The van der Waals surface area contributed by atoms with Crippen molar-refractivity contribution in [3.63, 3.8) is 0 Å². The van der Waals surface area contributed by atoms with Crippen molar-refractivity contribution in [1.29, 1.82) is 0 Å². The first-order chi connectivity index (χ1) is 19.1. The maximum Gasteiger partial charge on any atom is 0.108 e. The van der Waals surface area contributed by atoms with Crippen LogP contribution in [0.5, 0.6) is 0 Å². The predicted octanol–water partition coefficient (Wildman–Crippen LogP) is 6.87. The molecule has 5 rings (SSSR count). The lowest BCUT2D eigenvalue weighted by atomic mass is 9.96. The van der Waals surface area contributed by atoms with Crippen LogP contribution in [0.1, 0.15) is 34.4 Å². The van der Waals surface area contributed by atoms with E-state index >= 15 is 0 Å². The molecule has 39 heavy (non-hydrogen) atoms. The van der Waals surface area contributed by atoms with Crippen LogP contribution in [0.4, 0.5) is 0 Å². The van der Waals surface area contributed by atoms with Crippen molar-refractivity contribution in [3.8, 4) is 0 Å². The van der Waals surface area contributed by atoms with Gasteiger partial charge in [-0.3, -0.25) is 9.80 Å². The summed E-state index contributed by atoms with van der Waals surface area (Å²) in [5.74, 6) is 0. The van der Waals surface area contributed by atoms with Crippen molar-refractivity contribution < 1.29 is 9.84 Å². The third kappa shape index (κ3) is 7.49. The Kier molecular flexibility index (Phi) is 9.70. The molecule has 1 atom stereocenters. The second-order valence-electron chi connectivity index (χ2n) is 10.0. The van der Waals surface area contributed by atoms with Gasteiger partial charge in [-0.15, -0.1) is 0 Å².